The van der Waals surface area contributed by atoms with Gasteiger partial charge in [-0.2, -0.15) is 0 Å². The van der Waals surface area contributed by atoms with Crippen LogP contribution in [0.1, 0.15) is 50.5 Å². The van der Waals surface area contributed by atoms with E-state index in [1.54, 1.807) is 0 Å². The molecule has 110 valence electrons. The van der Waals surface area contributed by atoms with Crippen molar-refractivity contribution in [1.29, 1.82) is 0 Å². The van der Waals surface area contributed by atoms with Gasteiger partial charge in [0, 0.05) is 12.6 Å². The molecule has 0 radical (unpaired) electrons. The molecule has 20 heavy (non-hydrogen) atoms. The second kappa shape index (κ2) is 6.28. The molecule has 0 aromatic heterocycles. The molecule has 2 aliphatic carbocycles. The van der Waals surface area contributed by atoms with Gasteiger partial charge in [0.05, 0.1) is 6.10 Å². The van der Waals surface area contributed by atoms with Crippen molar-refractivity contribution in [2.75, 3.05) is 13.1 Å². The Balaban J connectivity index is 1.68. The zero-order valence-corrected chi connectivity index (χ0v) is 12.5. The fraction of sp³-hybridized carbons (Fsp3) is 0.667. The van der Waals surface area contributed by atoms with Crippen LogP contribution in [0.2, 0.25) is 0 Å². The van der Waals surface area contributed by atoms with Crippen LogP contribution in [0, 0.1) is 5.92 Å². The first kappa shape index (κ1) is 14.1. The maximum absolute atomic E-state index is 10.4. The predicted molar refractivity (Wildman–Crippen MR) is 82.8 cm³/mol. The summed E-state index contributed by atoms with van der Waals surface area (Å²) in [6.07, 6.45) is 5.84. The number of aliphatic hydroxyl groups is 1. The highest BCUT2D eigenvalue weighted by atomic mass is 16.3. The lowest BCUT2D eigenvalue weighted by atomic mass is 9.79. The summed E-state index contributed by atoms with van der Waals surface area (Å²) in [5.74, 6) is 1.53. The molecule has 2 heteroatoms. The fourth-order valence-corrected chi connectivity index (χ4v) is 3.68. The number of benzene rings is 1. The van der Waals surface area contributed by atoms with Crippen LogP contribution in [0.15, 0.2) is 30.3 Å². The van der Waals surface area contributed by atoms with Gasteiger partial charge in [0.2, 0.25) is 0 Å². The molecular formula is C18H27NO. The van der Waals surface area contributed by atoms with E-state index in [1.807, 2.05) is 0 Å². The highest BCUT2D eigenvalue weighted by molar-refractivity contribution is 5.20. The monoisotopic (exact) mass is 273 g/mol. The lowest BCUT2D eigenvalue weighted by molar-refractivity contribution is 0.0137. The molecule has 1 N–H and O–H groups in total. The molecule has 3 unspecified atom stereocenters. The van der Waals surface area contributed by atoms with Gasteiger partial charge in [-0.25, -0.2) is 0 Å². The van der Waals surface area contributed by atoms with Gasteiger partial charge >= 0.3 is 0 Å². The summed E-state index contributed by atoms with van der Waals surface area (Å²) >= 11 is 0. The first-order valence-corrected chi connectivity index (χ1v) is 8.25. The van der Waals surface area contributed by atoms with Gasteiger partial charge in [-0.3, -0.25) is 4.90 Å². The molecule has 0 spiro atoms. The summed E-state index contributed by atoms with van der Waals surface area (Å²) in [5.41, 5.74) is 1.45. The van der Waals surface area contributed by atoms with Crippen LogP contribution in [-0.2, 0) is 0 Å². The van der Waals surface area contributed by atoms with Crippen molar-refractivity contribution in [3.8, 4) is 0 Å². The zero-order valence-electron chi connectivity index (χ0n) is 12.5. The molecule has 0 saturated heterocycles. The molecule has 2 aliphatic rings. The number of hydrogen-bond acceptors (Lipinski definition) is 2. The molecule has 1 aromatic rings. The Labute approximate surface area is 122 Å². The van der Waals surface area contributed by atoms with Crippen LogP contribution in [0.25, 0.3) is 0 Å². The van der Waals surface area contributed by atoms with Crippen molar-refractivity contribution in [2.24, 2.45) is 5.92 Å². The van der Waals surface area contributed by atoms with Crippen molar-refractivity contribution < 1.29 is 5.11 Å². The maximum Gasteiger partial charge on any atom is 0.0695 e. The van der Waals surface area contributed by atoms with E-state index in [2.05, 4.69) is 42.2 Å². The van der Waals surface area contributed by atoms with Gasteiger partial charge in [-0.1, -0.05) is 37.3 Å². The van der Waals surface area contributed by atoms with E-state index in [4.69, 9.17) is 0 Å². The molecule has 2 nitrogen and oxygen atoms in total. The van der Waals surface area contributed by atoms with E-state index in [1.165, 1.54) is 24.9 Å². The zero-order chi connectivity index (χ0) is 13.9. The topological polar surface area (TPSA) is 23.5 Å². The van der Waals surface area contributed by atoms with Crippen molar-refractivity contribution in [2.45, 2.75) is 57.1 Å². The molecule has 1 aromatic carbocycles. The molecule has 0 bridgehead atoms. The lowest BCUT2D eigenvalue weighted by Crippen LogP contribution is -2.47. The maximum atomic E-state index is 10.4. The third-order valence-electron chi connectivity index (χ3n) is 5.12. The fourth-order valence-electron chi connectivity index (χ4n) is 3.68. The average molecular weight is 273 g/mol. The summed E-state index contributed by atoms with van der Waals surface area (Å²) in [6, 6.07) is 11.2. The van der Waals surface area contributed by atoms with Crippen molar-refractivity contribution in [3.63, 3.8) is 0 Å². The summed E-state index contributed by atoms with van der Waals surface area (Å²) in [4.78, 5) is 2.54. The van der Waals surface area contributed by atoms with Crippen molar-refractivity contribution >= 4 is 0 Å². The number of aliphatic hydroxyl groups excluding tert-OH is 1. The summed E-state index contributed by atoms with van der Waals surface area (Å²) in [6.45, 7) is 4.50. The van der Waals surface area contributed by atoms with Crippen molar-refractivity contribution in [3.05, 3.63) is 35.9 Å². The third-order valence-corrected chi connectivity index (χ3v) is 5.12. The molecule has 0 amide bonds. The molecule has 3 rings (SSSR count). The van der Waals surface area contributed by atoms with E-state index in [0.717, 1.165) is 31.7 Å². The van der Waals surface area contributed by atoms with Crippen LogP contribution < -0.4 is 0 Å². The Bertz CT molecular complexity index is 415. The Morgan fingerprint density at radius 3 is 2.50 bits per heavy atom. The number of nitrogens with zero attached hydrogens (tertiary/aromatic N) is 1. The molecule has 0 aliphatic heterocycles. The smallest absolute Gasteiger partial charge is 0.0695 e. The average Bonchev–Trinajstić information content (AvgIpc) is 3.30. The van der Waals surface area contributed by atoms with Crippen LogP contribution in [0.4, 0.5) is 0 Å². The van der Waals surface area contributed by atoms with E-state index >= 15 is 0 Å². The second-order valence-electron chi connectivity index (χ2n) is 6.59. The summed E-state index contributed by atoms with van der Waals surface area (Å²) in [7, 11) is 0. The third kappa shape index (κ3) is 3.24. The number of hydrogen-bond donors (Lipinski definition) is 1. The van der Waals surface area contributed by atoms with Crippen molar-refractivity contribution in [1.82, 2.24) is 4.90 Å². The molecular weight excluding hydrogens is 246 g/mol. The van der Waals surface area contributed by atoms with Gasteiger partial charge in [-0.15, -0.1) is 0 Å². The van der Waals surface area contributed by atoms with Crippen LogP contribution >= 0.6 is 0 Å². The minimum absolute atomic E-state index is 0.131. The Morgan fingerprint density at radius 2 is 1.85 bits per heavy atom. The lowest BCUT2D eigenvalue weighted by Gasteiger charge is -2.40. The summed E-state index contributed by atoms with van der Waals surface area (Å²) < 4.78 is 0. The molecule has 3 atom stereocenters. The highest BCUT2D eigenvalue weighted by Gasteiger charge is 2.35. The van der Waals surface area contributed by atoms with E-state index in [-0.39, 0.29) is 6.10 Å². The SMILES string of the molecule is CCN(CC1CC1)C1CC(c2ccccc2)CCC1O. The molecule has 2 saturated carbocycles. The normalized spacial score (nSPS) is 30.6. The minimum atomic E-state index is -0.131. The first-order chi connectivity index (χ1) is 9.78. The standard InChI is InChI=1S/C18H27NO/c1-2-19(13-14-8-9-14)17-12-16(10-11-18(17)20)15-6-4-3-5-7-15/h3-7,14,16-18,20H,2,8-13H2,1H3. The van der Waals surface area contributed by atoms with Gasteiger partial charge in [0.15, 0.2) is 0 Å². The molecule has 2 fully saturated rings. The number of likely N-dealkylation sites (N-methyl/N-ethyl adjacent to an activating group) is 1. The number of rotatable bonds is 5. The van der Waals surface area contributed by atoms with Crippen LogP contribution in [0.5, 0.6) is 0 Å². The van der Waals surface area contributed by atoms with E-state index < -0.39 is 0 Å². The Kier molecular flexibility index (Phi) is 4.42. The largest absolute Gasteiger partial charge is 0.391 e. The quantitative estimate of drug-likeness (QED) is 0.888. The predicted octanol–water partition coefficient (Wildman–Crippen LogP) is 3.42. The van der Waals surface area contributed by atoms with Gasteiger partial charge < -0.3 is 5.11 Å². The van der Waals surface area contributed by atoms with Crippen LogP contribution in [0.3, 0.4) is 0 Å². The summed E-state index contributed by atoms with van der Waals surface area (Å²) in [5, 5.41) is 10.4. The Morgan fingerprint density at radius 1 is 1.10 bits per heavy atom. The minimum Gasteiger partial charge on any atom is -0.391 e. The van der Waals surface area contributed by atoms with Gasteiger partial charge in [0.1, 0.15) is 0 Å². The highest BCUT2D eigenvalue weighted by Crippen LogP contribution is 2.37. The second-order valence-corrected chi connectivity index (χ2v) is 6.59. The first-order valence-electron chi connectivity index (χ1n) is 8.25. The van der Waals surface area contributed by atoms with Crippen LogP contribution in [-0.4, -0.2) is 35.2 Å². The van der Waals surface area contributed by atoms with Gasteiger partial charge in [0.25, 0.3) is 0 Å². The molecule has 0 heterocycles. The Hall–Kier alpha value is -0.860. The van der Waals surface area contributed by atoms with E-state index in [0.29, 0.717) is 12.0 Å². The van der Waals surface area contributed by atoms with Gasteiger partial charge in [-0.05, 0) is 56.0 Å². The van der Waals surface area contributed by atoms with E-state index in [9.17, 15) is 5.11 Å².